The molecule has 0 bridgehead atoms. The third-order valence-corrected chi connectivity index (χ3v) is 1.63. The summed E-state index contributed by atoms with van der Waals surface area (Å²) in [4.78, 5) is 26.1. The van der Waals surface area contributed by atoms with Gasteiger partial charge < -0.3 is 15.8 Å². The van der Waals surface area contributed by atoms with Crippen molar-refractivity contribution in [3.05, 3.63) is 0 Å². The summed E-state index contributed by atoms with van der Waals surface area (Å²) in [5.74, 6) is -1.01. The highest BCUT2D eigenvalue weighted by Gasteiger charge is 2.21. The predicted molar refractivity (Wildman–Crippen MR) is 45.9 cm³/mol. The summed E-state index contributed by atoms with van der Waals surface area (Å²) in [6, 6.07) is -0.434. The summed E-state index contributed by atoms with van der Waals surface area (Å²) in [7, 11) is 0. The Morgan fingerprint density at radius 2 is 2.43 bits per heavy atom. The van der Waals surface area contributed by atoms with Gasteiger partial charge in [-0.05, 0) is 0 Å². The molecule has 0 aromatic carbocycles. The van der Waals surface area contributed by atoms with Gasteiger partial charge in [0.2, 0.25) is 5.91 Å². The Balaban J connectivity index is 2.16. The Kier molecular flexibility index (Phi) is 4.30. The Morgan fingerprint density at radius 1 is 1.64 bits per heavy atom. The van der Waals surface area contributed by atoms with Gasteiger partial charge in [-0.3, -0.25) is 14.4 Å². The number of nitrogens with one attached hydrogen (secondary N) is 2. The number of hydrogen-bond acceptors (Lipinski definition) is 5. The lowest BCUT2D eigenvalue weighted by Gasteiger charge is -2.22. The maximum Gasteiger partial charge on any atom is 0.263 e. The van der Waals surface area contributed by atoms with E-state index in [4.69, 9.17) is 10.5 Å². The highest BCUT2D eigenvalue weighted by molar-refractivity contribution is 5.81. The molecule has 1 rings (SSSR count). The van der Waals surface area contributed by atoms with E-state index in [1.807, 2.05) is 0 Å². The average Bonchev–Trinajstić information content (AvgIpc) is 2.18. The van der Waals surface area contributed by atoms with E-state index < -0.39 is 11.9 Å². The van der Waals surface area contributed by atoms with Gasteiger partial charge in [-0.1, -0.05) is 0 Å². The van der Waals surface area contributed by atoms with Crippen LogP contribution in [-0.2, 0) is 19.2 Å². The van der Waals surface area contributed by atoms with Crippen LogP contribution in [0.2, 0.25) is 0 Å². The highest BCUT2D eigenvalue weighted by Crippen LogP contribution is 1.92. The lowest BCUT2D eigenvalue weighted by Crippen LogP contribution is -2.51. The summed E-state index contributed by atoms with van der Waals surface area (Å²) in [6.45, 7) is 1.17. The number of primary amides is 1. The molecule has 1 aliphatic rings. The van der Waals surface area contributed by atoms with E-state index in [-0.39, 0.29) is 12.5 Å². The fourth-order valence-corrected chi connectivity index (χ4v) is 0.983. The molecule has 0 radical (unpaired) electrons. The van der Waals surface area contributed by atoms with Gasteiger partial charge in [0.05, 0.1) is 13.2 Å². The molecule has 0 saturated carbocycles. The SMILES string of the molecule is NC(=O)CONC(=O)C1COCCN1. The van der Waals surface area contributed by atoms with Crippen LogP contribution in [0, 0.1) is 0 Å². The summed E-state index contributed by atoms with van der Waals surface area (Å²) < 4.78 is 5.06. The van der Waals surface area contributed by atoms with Crippen molar-refractivity contribution in [1.29, 1.82) is 0 Å². The van der Waals surface area contributed by atoms with Crippen molar-refractivity contribution in [2.75, 3.05) is 26.4 Å². The number of carbonyl (C=O) groups is 2. The quantitative estimate of drug-likeness (QED) is 0.438. The van der Waals surface area contributed by atoms with Crippen molar-refractivity contribution in [1.82, 2.24) is 10.8 Å². The van der Waals surface area contributed by atoms with Gasteiger partial charge in [0.1, 0.15) is 6.04 Å². The maximum atomic E-state index is 11.2. The number of ether oxygens (including phenoxy) is 1. The number of hydrogen-bond donors (Lipinski definition) is 3. The molecule has 80 valence electrons. The molecule has 0 aromatic rings. The largest absolute Gasteiger partial charge is 0.378 e. The number of hydroxylamine groups is 1. The van der Waals surface area contributed by atoms with Gasteiger partial charge in [-0.25, -0.2) is 5.48 Å². The van der Waals surface area contributed by atoms with Crippen LogP contribution >= 0.6 is 0 Å². The van der Waals surface area contributed by atoms with Crippen LogP contribution in [0.1, 0.15) is 0 Å². The molecular weight excluding hydrogens is 190 g/mol. The first-order valence-corrected chi connectivity index (χ1v) is 4.21. The van der Waals surface area contributed by atoms with Gasteiger partial charge in [-0.15, -0.1) is 0 Å². The molecule has 1 heterocycles. The van der Waals surface area contributed by atoms with Gasteiger partial charge in [0, 0.05) is 6.54 Å². The zero-order valence-electron chi connectivity index (χ0n) is 7.62. The Hall–Kier alpha value is -1.18. The summed E-state index contributed by atoms with van der Waals surface area (Å²) in [6.07, 6.45) is 0. The van der Waals surface area contributed by atoms with Crippen LogP contribution in [0.15, 0.2) is 0 Å². The van der Waals surface area contributed by atoms with Crippen molar-refractivity contribution in [3.8, 4) is 0 Å². The van der Waals surface area contributed by atoms with Crippen LogP contribution in [0.3, 0.4) is 0 Å². The number of morpholine rings is 1. The standard InChI is InChI=1S/C7H13N3O4/c8-6(11)4-14-10-7(12)5-3-13-2-1-9-5/h5,9H,1-4H2,(H2,8,11)(H,10,12). The first kappa shape index (κ1) is 10.9. The minimum Gasteiger partial charge on any atom is -0.378 e. The second kappa shape index (κ2) is 5.53. The van der Waals surface area contributed by atoms with Crippen molar-refractivity contribution < 1.29 is 19.2 Å². The number of rotatable bonds is 4. The van der Waals surface area contributed by atoms with Crippen molar-refractivity contribution >= 4 is 11.8 Å². The van der Waals surface area contributed by atoms with Crippen LogP contribution in [0.5, 0.6) is 0 Å². The Labute approximate surface area is 80.9 Å². The Morgan fingerprint density at radius 3 is 3.00 bits per heavy atom. The predicted octanol–water partition coefficient (Wildman–Crippen LogP) is -2.49. The van der Waals surface area contributed by atoms with E-state index in [0.29, 0.717) is 19.8 Å². The second-order valence-electron chi connectivity index (χ2n) is 2.80. The van der Waals surface area contributed by atoms with Crippen molar-refractivity contribution in [3.63, 3.8) is 0 Å². The molecule has 1 fully saturated rings. The minimum atomic E-state index is -0.641. The fraction of sp³-hybridized carbons (Fsp3) is 0.714. The summed E-state index contributed by atoms with van der Waals surface area (Å²) >= 11 is 0. The van der Waals surface area contributed by atoms with E-state index in [1.165, 1.54) is 0 Å². The van der Waals surface area contributed by atoms with Crippen LogP contribution in [0.25, 0.3) is 0 Å². The van der Waals surface area contributed by atoms with E-state index in [1.54, 1.807) is 0 Å². The highest BCUT2D eigenvalue weighted by atomic mass is 16.7. The van der Waals surface area contributed by atoms with Crippen molar-refractivity contribution in [2.45, 2.75) is 6.04 Å². The molecule has 1 unspecified atom stereocenters. The molecule has 1 aliphatic heterocycles. The molecule has 0 aliphatic carbocycles. The van der Waals surface area contributed by atoms with E-state index in [2.05, 4.69) is 15.6 Å². The molecule has 7 heteroatoms. The monoisotopic (exact) mass is 203 g/mol. The van der Waals surface area contributed by atoms with E-state index in [9.17, 15) is 9.59 Å². The molecule has 1 atom stereocenters. The molecule has 0 aromatic heterocycles. The van der Waals surface area contributed by atoms with Crippen LogP contribution in [-0.4, -0.2) is 44.2 Å². The topological polar surface area (TPSA) is 103 Å². The molecule has 4 N–H and O–H groups in total. The third kappa shape index (κ3) is 3.69. The molecule has 14 heavy (non-hydrogen) atoms. The number of nitrogens with two attached hydrogens (primary N) is 1. The summed E-state index contributed by atoms with van der Waals surface area (Å²) in [5, 5.41) is 2.92. The fourth-order valence-electron chi connectivity index (χ4n) is 0.983. The Bertz CT molecular complexity index is 215. The van der Waals surface area contributed by atoms with Gasteiger partial charge in [-0.2, -0.15) is 0 Å². The van der Waals surface area contributed by atoms with Crippen LogP contribution in [0.4, 0.5) is 0 Å². The molecule has 1 saturated heterocycles. The zero-order valence-corrected chi connectivity index (χ0v) is 7.62. The molecular formula is C7H13N3O4. The number of carbonyl (C=O) groups excluding carboxylic acids is 2. The average molecular weight is 203 g/mol. The molecule has 7 nitrogen and oxygen atoms in total. The lowest BCUT2D eigenvalue weighted by molar-refractivity contribution is -0.141. The second-order valence-corrected chi connectivity index (χ2v) is 2.80. The lowest BCUT2D eigenvalue weighted by atomic mass is 10.3. The number of amides is 2. The minimum absolute atomic E-state index is 0.297. The van der Waals surface area contributed by atoms with Crippen LogP contribution < -0.4 is 16.5 Å². The summed E-state index contributed by atoms with van der Waals surface area (Å²) in [5.41, 5.74) is 6.90. The van der Waals surface area contributed by atoms with Gasteiger partial charge in [0.25, 0.3) is 5.91 Å². The van der Waals surface area contributed by atoms with Gasteiger partial charge in [0.15, 0.2) is 6.61 Å². The first-order valence-electron chi connectivity index (χ1n) is 4.21. The first-order chi connectivity index (χ1) is 6.70. The van der Waals surface area contributed by atoms with E-state index >= 15 is 0 Å². The zero-order chi connectivity index (χ0) is 10.4. The normalized spacial score (nSPS) is 21.6. The maximum absolute atomic E-state index is 11.2. The smallest absolute Gasteiger partial charge is 0.263 e. The van der Waals surface area contributed by atoms with Crippen molar-refractivity contribution in [2.24, 2.45) is 5.73 Å². The molecule has 2 amide bonds. The molecule has 0 spiro atoms. The van der Waals surface area contributed by atoms with Gasteiger partial charge >= 0.3 is 0 Å². The third-order valence-electron chi connectivity index (χ3n) is 1.63. The van der Waals surface area contributed by atoms with E-state index in [0.717, 1.165) is 0 Å².